The molecule has 1 heterocycles. The van der Waals surface area contributed by atoms with E-state index >= 15 is 0 Å². The van der Waals surface area contributed by atoms with Gasteiger partial charge in [0.2, 0.25) is 0 Å². The summed E-state index contributed by atoms with van der Waals surface area (Å²) in [6.45, 7) is 0.712. The summed E-state index contributed by atoms with van der Waals surface area (Å²) in [4.78, 5) is 3.57. The van der Waals surface area contributed by atoms with Gasteiger partial charge in [0.05, 0.1) is 19.9 Å². The largest absolute Gasteiger partial charge is 0.497 e. The zero-order valence-corrected chi connectivity index (χ0v) is 16.2. The van der Waals surface area contributed by atoms with E-state index in [2.05, 4.69) is 39.1 Å². The van der Waals surface area contributed by atoms with E-state index in [9.17, 15) is 0 Å². The first-order chi connectivity index (χ1) is 12.2. The molecule has 0 aliphatic heterocycles. The highest BCUT2D eigenvalue weighted by Crippen LogP contribution is 2.39. The number of aryl methyl sites for hydroxylation is 1. The molecule has 25 heavy (non-hydrogen) atoms. The fourth-order valence-electron chi connectivity index (χ4n) is 3.17. The van der Waals surface area contributed by atoms with Crippen LogP contribution < -0.4 is 15.2 Å². The van der Waals surface area contributed by atoms with Crippen LogP contribution in [0.2, 0.25) is 0 Å². The van der Waals surface area contributed by atoms with Gasteiger partial charge >= 0.3 is 0 Å². The Morgan fingerprint density at radius 2 is 1.88 bits per heavy atom. The molecule has 0 radical (unpaired) electrons. The molecule has 3 rings (SSSR count). The lowest BCUT2D eigenvalue weighted by Gasteiger charge is -2.12. The van der Waals surface area contributed by atoms with Crippen molar-refractivity contribution < 1.29 is 9.47 Å². The van der Waals surface area contributed by atoms with Gasteiger partial charge in [-0.05, 0) is 67.8 Å². The number of nitrogens with two attached hydrogens (primary N) is 1. The predicted molar refractivity (Wildman–Crippen MR) is 107 cm³/mol. The lowest BCUT2D eigenvalue weighted by Crippen LogP contribution is -1.99. The van der Waals surface area contributed by atoms with Crippen LogP contribution in [-0.4, -0.2) is 25.7 Å². The van der Waals surface area contributed by atoms with E-state index in [0.717, 1.165) is 52.0 Å². The molecule has 0 aliphatic rings. The number of aromatic nitrogens is 1. The summed E-state index contributed by atoms with van der Waals surface area (Å²) >= 11 is 3.59. The maximum Gasteiger partial charge on any atom is 0.128 e. The highest BCUT2D eigenvalue weighted by Gasteiger charge is 2.17. The van der Waals surface area contributed by atoms with E-state index in [4.69, 9.17) is 15.2 Å². The van der Waals surface area contributed by atoms with Gasteiger partial charge in [0.15, 0.2) is 0 Å². The van der Waals surface area contributed by atoms with Gasteiger partial charge < -0.3 is 20.2 Å². The molecule has 0 spiro atoms. The molecule has 5 heteroatoms. The van der Waals surface area contributed by atoms with Crippen molar-refractivity contribution in [2.24, 2.45) is 5.73 Å². The van der Waals surface area contributed by atoms with Crippen molar-refractivity contribution in [2.45, 2.75) is 19.3 Å². The van der Waals surface area contributed by atoms with Gasteiger partial charge in [0.25, 0.3) is 0 Å². The van der Waals surface area contributed by atoms with E-state index < -0.39 is 0 Å². The quantitative estimate of drug-likeness (QED) is 0.552. The second-order valence-corrected chi connectivity index (χ2v) is 6.90. The van der Waals surface area contributed by atoms with Crippen molar-refractivity contribution in [2.75, 3.05) is 20.8 Å². The first-order valence-corrected chi connectivity index (χ1v) is 9.19. The third-order valence-corrected chi connectivity index (χ3v) is 4.92. The lowest BCUT2D eigenvalue weighted by molar-refractivity contribution is 0.404. The van der Waals surface area contributed by atoms with Crippen LogP contribution in [0.25, 0.3) is 22.2 Å². The number of H-pyrrole nitrogens is 1. The minimum atomic E-state index is 0.712. The van der Waals surface area contributed by atoms with Gasteiger partial charge in [0, 0.05) is 20.9 Å². The van der Waals surface area contributed by atoms with Crippen LogP contribution in [0.1, 0.15) is 18.4 Å². The number of hydrogen-bond acceptors (Lipinski definition) is 3. The fourth-order valence-corrected chi connectivity index (χ4v) is 3.53. The number of benzene rings is 2. The number of rotatable bonds is 7. The zero-order valence-electron chi connectivity index (χ0n) is 14.6. The van der Waals surface area contributed by atoms with Crippen LogP contribution in [0.15, 0.2) is 40.9 Å². The molecule has 0 unspecified atom stereocenters. The van der Waals surface area contributed by atoms with Gasteiger partial charge in [-0.2, -0.15) is 0 Å². The summed E-state index contributed by atoms with van der Waals surface area (Å²) in [6, 6.07) is 12.2. The predicted octanol–water partition coefficient (Wildman–Crippen LogP) is 4.90. The second-order valence-electron chi connectivity index (χ2n) is 5.98. The van der Waals surface area contributed by atoms with Crippen LogP contribution in [0.5, 0.6) is 11.5 Å². The normalized spacial score (nSPS) is 11.0. The van der Waals surface area contributed by atoms with E-state index in [1.165, 1.54) is 10.9 Å². The molecule has 2 aromatic carbocycles. The highest BCUT2D eigenvalue weighted by atomic mass is 79.9. The monoisotopic (exact) mass is 402 g/mol. The van der Waals surface area contributed by atoms with Gasteiger partial charge in [-0.15, -0.1) is 0 Å². The Balaban J connectivity index is 2.19. The molecule has 4 nitrogen and oxygen atoms in total. The molecule has 3 N–H and O–H groups in total. The fraction of sp³-hybridized carbons (Fsp3) is 0.300. The Kier molecular flexibility index (Phi) is 5.66. The topological polar surface area (TPSA) is 60.3 Å². The Labute approximate surface area is 156 Å². The van der Waals surface area contributed by atoms with E-state index in [-0.39, 0.29) is 0 Å². The van der Waals surface area contributed by atoms with E-state index in [0.29, 0.717) is 6.54 Å². The van der Waals surface area contributed by atoms with Crippen LogP contribution >= 0.6 is 15.9 Å². The Morgan fingerprint density at radius 1 is 1.04 bits per heavy atom. The summed E-state index contributed by atoms with van der Waals surface area (Å²) in [5.74, 6) is 1.63. The number of unbranched alkanes of at least 4 members (excludes halogenated alkanes) is 1. The Bertz CT molecular complexity index is 874. The van der Waals surface area contributed by atoms with Crippen LogP contribution in [0.4, 0.5) is 0 Å². The molecule has 0 atom stereocenters. The smallest absolute Gasteiger partial charge is 0.128 e. The minimum Gasteiger partial charge on any atom is -0.497 e. The first kappa shape index (κ1) is 17.8. The summed E-state index contributed by atoms with van der Waals surface area (Å²) in [5, 5.41) is 1.23. The van der Waals surface area contributed by atoms with Crippen molar-refractivity contribution >= 4 is 26.8 Å². The molecule has 0 amide bonds. The molecule has 0 saturated heterocycles. The summed E-state index contributed by atoms with van der Waals surface area (Å²) in [5.41, 5.74) is 10.2. The highest BCUT2D eigenvalue weighted by molar-refractivity contribution is 9.10. The molecule has 1 aromatic heterocycles. The first-order valence-electron chi connectivity index (χ1n) is 8.40. The number of fused-ring (bicyclic) bond motifs is 1. The maximum atomic E-state index is 5.69. The standard InChI is InChI=1S/C20H23BrN2O2/c1-24-14-7-9-19(25-2)17(12-14)20-15(5-3-4-10-22)16-11-13(21)6-8-18(16)23-20/h6-9,11-12,23H,3-5,10,22H2,1-2H3. The molecular formula is C20H23BrN2O2. The number of ether oxygens (including phenoxy) is 2. The molecular weight excluding hydrogens is 380 g/mol. The van der Waals surface area contributed by atoms with Crippen molar-refractivity contribution in [3.8, 4) is 22.8 Å². The SMILES string of the molecule is COc1ccc(OC)c(-c2[nH]c3ccc(Br)cc3c2CCCCN)c1. The van der Waals surface area contributed by atoms with Gasteiger partial charge in [-0.3, -0.25) is 0 Å². The molecule has 3 aromatic rings. The van der Waals surface area contributed by atoms with Crippen molar-refractivity contribution in [1.29, 1.82) is 0 Å². The van der Waals surface area contributed by atoms with Gasteiger partial charge in [-0.1, -0.05) is 15.9 Å². The molecule has 0 aliphatic carbocycles. The molecule has 132 valence electrons. The lowest BCUT2D eigenvalue weighted by atomic mass is 9.99. The number of nitrogens with one attached hydrogen (secondary N) is 1. The van der Waals surface area contributed by atoms with Crippen molar-refractivity contribution in [1.82, 2.24) is 4.98 Å². The Hall–Kier alpha value is -1.98. The summed E-state index contributed by atoms with van der Waals surface area (Å²) < 4.78 is 12.1. The average Bonchev–Trinajstić information content (AvgIpc) is 2.99. The number of methoxy groups -OCH3 is 2. The Morgan fingerprint density at radius 3 is 2.60 bits per heavy atom. The molecule has 0 saturated carbocycles. The van der Waals surface area contributed by atoms with Gasteiger partial charge in [-0.25, -0.2) is 0 Å². The molecule has 0 fully saturated rings. The third kappa shape index (κ3) is 3.67. The summed E-state index contributed by atoms with van der Waals surface area (Å²) in [6.07, 6.45) is 3.02. The van der Waals surface area contributed by atoms with Crippen LogP contribution in [0.3, 0.4) is 0 Å². The third-order valence-electron chi connectivity index (χ3n) is 4.43. The number of hydrogen-bond donors (Lipinski definition) is 2. The second kappa shape index (κ2) is 7.93. The van der Waals surface area contributed by atoms with Crippen LogP contribution in [0, 0.1) is 0 Å². The van der Waals surface area contributed by atoms with Crippen molar-refractivity contribution in [3.63, 3.8) is 0 Å². The maximum absolute atomic E-state index is 5.69. The number of halogens is 1. The van der Waals surface area contributed by atoms with Crippen molar-refractivity contribution in [3.05, 3.63) is 46.4 Å². The average molecular weight is 403 g/mol. The zero-order chi connectivity index (χ0) is 17.8. The molecule has 0 bridgehead atoms. The van der Waals surface area contributed by atoms with Gasteiger partial charge in [0.1, 0.15) is 11.5 Å². The van der Waals surface area contributed by atoms with Crippen LogP contribution in [-0.2, 0) is 6.42 Å². The van der Waals surface area contributed by atoms with E-state index in [1.54, 1.807) is 14.2 Å². The van der Waals surface area contributed by atoms with E-state index in [1.807, 2.05) is 18.2 Å². The summed E-state index contributed by atoms with van der Waals surface area (Å²) in [7, 11) is 3.37. The minimum absolute atomic E-state index is 0.712. The number of aromatic amines is 1.